The van der Waals surface area contributed by atoms with Gasteiger partial charge in [0.05, 0.1) is 6.61 Å². The molecule has 0 aliphatic rings. The average molecular weight is 337 g/mol. The third-order valence-corrected chi connectivity index (χ3v) is 3.38. The number of ether oxygens (including phenoxy) is 2. The second kappa shape index (κ2) is 7.44. The van der Waals surface area contributed by atoms with E-state index in [1.807, 2.05) is 30.3 Å². The van der Waals surface area contributed by atoms with E-state index in [1.165, 1.54) is 24.3 Å². The number of nitrogens with zero attached hydrogens (tertiary/aromatic N) is 1. The van der Waals surface area contributed by atoms with Gasteiger partial charge >= 0.3 is 5.97 Å². The first kappa shape index (κ1) is 16.4. The number of aldehydes is 1. The quantitative estimate of drug-likeness (QED) is 0.387. The molecule has 126 valence electrons. The second-order valence-electron chi connectivity index (χ2n) is 5.09. The van der Waals surface area contributed by atoms with Crippen LogP contribution in [0, 0.1) is 0 Å². The van der Waals surface area contributed by atoms with Crippen LogP contribution in [0.2, 0.25) is 0 Å². The van der Waals surface area contributed by atoms with E-state index in [2.05, 4.69) is 5.16 Å². The zero-order chi connectivity index (χ0) is 17.6. The van der Waals surface area contributed by atoms with Crippen LogP contribution < -0.4 is 9.47 Å². The third kappa shape index (κ3) is 3.74. The van der Waals surface area contributed by atoms with Crippen LogP contribution in [0.15, 0.2) is 59.1 Å². The first-order valence-electron chi connectivity index (χ1n) is 7.67. The number of benzene rings is 2. The maximum absolute atomic E-state index is 12.3. The van der Waals surface area contributed by atoms with Gasteiger partial charge in [-0.1, -0.05) is 35.5 Å². The molecule has 3 rings (SSSR count). The standard InChI is InChI=1S/C19H15NO5/c1-2-23-18-10-13(12-21)8-9-16(18)24-19(22)15-11-17(25-20-15)14-6-4-3-5-7-14/h3-12H,2H2,1H3. The van der Waals surface area contributed by atoms with Crippen molar-refractivity contribution in [3.8, 4) is 22.8 Å². The van der Waals surface area contributed by atoms with Crippen LogP contribution in [-0.2, 0) is 0 Å². The molecular formula is C19H15NO5. The lowest BCUT2D eigenvalue weighted by Crippen LogP contribution is -2.10. The van der Waals surface area contributed by atoms with Gasteiger partial charge < -0.3 is 14.0 Å². The van der Waals surface area contributed by atoms with Crippen molar-refractivity contribution in [2.75, 3.05) is 6.61 Å². The fourth-order valence-electron chi connectivity index (χ4n) is 2.21. The van der Waals surface area contributed by atoms with E-state index in [0.717, 1.165) is 5.56 Å². The fourth-order valence-corrected chi connectivity index (χ4v) is 2.21. The molecule has 0 unspecified atom stereocenters. The molecule has 0 bridgehead atoms. The van der Waals surface area contributed by atoms with Crippen molar-refractivity contribution in [1.29, 1.82) is 0 Å². The highest BCUT2D eigenvalue weighted by Gasteiger charge is 2.18. The molecule has 6 heteroatoms. The third-order valence-electron chi connectivity index (χ3n) is 3.38. The SMILES string of the molecule is CCOc1cc(C=O)ccc1OC(=O)c1cc(-c2ccccc2)on1. The molecule has 6 nitrogen and oxygen atoms in total. The lowest BCUT2D eigenvalue weighted by Gasteiger charge is -2.10. The maximum atomic E-state index is 12.3. The maximum Gasteiger partial charge on any atom is 0.366 e. The van der Waals surface area contributed by atoms with Gasteiger partial charge in [0, 0.05) is 17.2 Å². The van der Waals surface area contributed by atoms with E-state index in [9.17, 15) is 9.59 Å². The summed E-state index contributed by atoms with van der Waals surface area (Å²) >= 11 is 0. The number of carbonyl (C=O) groups is 2. The number of esters is 1. The Morgan fingerprint density at radius 3 is 2.64 bits per heavy atom. The largest absolute Gasteiger partial charge is 0.490 e. The Morgan fingerprint density at radius 1 is 1.12 bits per heavy atom. The van der Waals surface area contributed by atoms with Crippen LogP contribution in [0.1, 0.15) is 27.8 Å². The lowest BCUT2D eigenvalue weighted by atomic mass is 10.2. The Balaban J connectivity index is 1.81. The summed E-state index contributed by atoms with van der Waals surface area (Å²) in [6, 6.07) is 15.4. The fraction of sp³-hybridized carbons (Fsp3) is 0.105. The minimum atomic E-state index is -0.675. The molecule has 1 aromatic heterocycles. The van der Waals surface area contributed by atoms with Crippen molar-refractivity contribution in [2.24, 2.45) is 0 Å². The number of hydrogen-bond acceptors (Lipinski definition) is 6. The summed E-state index contributed by atoms with van der Waals surface area (Å²) in [5.41, 5.74) is 1.27. The van der Waals surface area contributed by atoms with Crippen molar-refractivity contribution in [3.05, 3.63) is 65.9 Å². The van der Waals surface area contributed by atoms with Crippen LogP contribution in [0.5, 0.6) is 11.5 Å². The zero-order valence-corrected chi connectivity index (χ0v) is 13.5. The monoisotopic (exact) mass is 337 g/mol. The summed E-state index contributed by atoms with van der Waals surface area (Å²) in [6.45, 7) is 2.16. The molecule has 0 N–H and O–H groups in total. The van der Waals surface area contributed by atoms with E-state index in [1.54, 1.807) is 6.92 Å². The van der Waals surface area contributed by atoms with E-state index in [4.69, 9.17) is 14.0 Å². The molecule has 0 fully saturated rings. The smallest absolute Gasteiger partial charge is 0.366 e. The molecule has 25 heavy (non-hydrogen) atoms. The summed E-state index contributed by atoms with van der Waals surface area (Å²) < 4.78 is 15.9. The minimum absolute atomic E-state index is 0.0424. The number of aromatic nitrogens is 1. The molecule has 0 radical (unpaired) electrons. The van der Waals surface area contributed by atoms with E-state index >= 15 is 0 Å². The molecule has 2 aromatic carbocycles. The summed E-state index contributed by atoms with van der Waals surface area (Å²) in [5, 5.41) is 3.75. The van der Waals surface area contributed by atoms with Gasteiger partial charge in [0.2, 0.25) is 0 Å². The van der Waals surface area contributed by atoms with Gasteiger partial charge in [-0.3, -0.25) is 4.79 Å². The molecule has 0 spiro atoms. The van der Waals surface area contributed by atoms with Crippen LogP contribution in [0.25, 0.3) is 11.3 Å². The summed E-state index contributed by atoms with van der Waals surface area (Å²) in [5.74, 6) is 0.313. The second-order valence-corrected chi connectivity index (χ2v) is 5.09. The van der Waals surface area contributed by atoms with Gasteiger partial charge in [0.15, 0.2) is 23.0 Å². The molecule has 0 amide bonds. The Bertz CT molecular complexity index is 886. The van der Waals surface area contributed by atoms with Gasteiger partial charge in [0.25, 0.3) is 0 Å². The summed E-state index contributed by atoms with van der Waals surface area (Å²) in [4.78, 5) is 23.2. The molecular weight excluding hydrogens is 322 g/mol. The first-order valence-corrected chi connectivity index (χ1v) is 7.67. The van der Waals surface area contributed by atoms with Gasteiger partial charge in [-0.15, -0.1) is 0 Å². The van der Waals surface area contributed by atoms with Crippen molar-refractivity contribution in [3.63, 3.8) is 0 Å². The number of carbonyl (C=O) groups excluding carboxylic acids is 2. The zero-order valence-electron chi connectivity index (χ0n) is 13.5. The van der Waals surface area contributed by atoms with Gasteiger partial charge in [-0.2, -0.15) is 0 Å². The number of hydrogen-bond donors (Lipinski definition) is 0. The average Bonchev–Trinajstić information content (AvgIpc) is 3.14. The predicted octanol–water partition coefficient (Wildman–Crippen LogP) is 3.77. The Kier molecular flexibility index (Phi) is 4.89. The highest BCUT2D eigenvalue weighted by atomic mass is 16.6. The first-order chi connectivity index (χ1) is 12.2. The van der Waals surface area contributed by atoms with Crippen LogP contribution in [0.3, 0.4) is 0 Å². The van der Waals surface area contributed by atoms with Crippen molar-refractivity contribution in [2.45, 2.75) is 6.92 Å². The molecule has 3 aromatic rings. The van der Waals surface area contributed by atoms with Crippen molar-refractivity contribution >= 4 is 12.3 Å². The minimum Gasteiger partial charge on any atom is -0.490 e. The molecule has 0 saturated heterocycles. The topological polar surface area (TPSA) is 78.6 Å². The van der Waals surface area contributed by atoms with Crippen molar-refractivity contribution < 1.29 is 23.6 Å². The predicted molar refractivity (Wildman–Crippen MR) is 89.9 cm³/mol. The highest BCUT2D eigenvalue weighted by Crippen LogP contribution is 2.29. The number of rotatable bonds is 6. The Hall–Kier alpha value is -3.41. The summed E-state index contributed by atoms with van der Waals surface area (Å²) in [7, 11) is 0. The van der Waals surface area contributed by atoms with Gasteiger partial charge in [-0.05, 0) is 25.1 Å². The molecule has 1 heterocycles. The van der Waals surface area contributed by atoms with Crippen LogP contribution in [-0.4, -0.2) is 24.0 Å². The highest BCUT2D eigenvalue weighted by molar-refractivity contribution is 5.90. The van der Waals surface area contributed by atoms with E-state index < -0.39 is 5.97 Å². The van der Waals surface area contributed by atoms with Gasteiger partial charge in [-0.25, -0.2) is 4.79 Å². The lowest BCUT2D eigenvalue weighted by molar-refractivity contribution is 0.0717. The Morgan fingerprint density at radius 2 is 1.92 bits per heavy atom. The summed E-state index contributed by atoms with van der Waals surface area (Å²) in [6.07, 6.45) is 0.692. The van der Waals surface area contributed by atoms with Crippen molar-refractivity contribution in [1.82, 2.24) is 5.16 Å². The molecule has 0 atom stereocenters. The van der Waals surface area contributed by atoms with E-state index in [-0.39, 0.29) is 11.4 Å². The normalized spacial score (nSPS) is 10.3. The Labute approximate surface area is 144 Å². The van der Waals surface area contributed by atoms with Gasteiger partial charge in [0.1, 0.15) is 6.29 Å². The molecule has 0 saturated carbocycles. The van der Waals surface area contributed by atoms with E-state index in [0.29, 0.717) is 30.0 Å². The molecule has 0 aliphatic heterocycles. The van der Waals surface area contributed by atoms with Crippen LogP contribution >= 0.6 is 0 Å². The molecule has 0 aliphatic carbocycles. The van der Waals surface area contributed by atoms with Crippen LogP contribution in [0.4, 0.5) is 0 Å².